The number of rotatable bonds is 7. The fourth-order valence-electron chi connectivity index (χ4n) is 6.73. The Hall–Kier alpha value is -2.93. The molecule has 4 rings (SSSR count). The predicted octanol–water partition coefficient (Wildman–Crippen LogP) is 6.13. The number of amides is 1. The first-order chi connectivity index (χ1) is 18.8. The second kappa shape index (κ2) is 11.9. The van der Waals surface area contributed by atoms with Gasteiger partial charge in [0.2, 0.25) is 11.8 Å². The van der Waals surface area contributed by atoms with E-state index in [1.165, 1.54) is 0 Å². The van der Waals surface area contributed by atoms with Crippen molar-refractivity contribution in [2.45, 2.75) is 104 Å². The highest BCUT2D eigenvalue weighted by Gasteiger charge is 2.58. The highest BCUT2D eigenvalue weighted by molar-refractivity contribution is 5.87. The highest BCUT2D eigenvalue weighted by Crippen LogP contribution is 2.49. The van der Waals surface area contributed by atoms with Crippen molar-refractivity contribution < 1.29 is 19.4 Å². The number of hydrogen-bond donors (Lipinski definition) is 2. The number of nitrogens with zero attached hydrogens (tertiary/aromatic N) is 2. The van der Waals surface area contributed by atoms with Crippen LogP contribution in [0, 0.1) is 17.3 Å². The van der Waals surface area contributed by atoms with E-state index in [-0.39, 0.29) is 34.6 Å². The monoisotopic (exact) mass is 549 g/mol. The number of hydrogen-bond acceptors (Lipinski definition) is 5. The highest BCUT2D eigenvalue weighted by atomic mass is 16.5. The molecule has 1 aromatic carbocycles. The van der Waals surface area contributed by atoms with Gasteiger partial charge in [0, 0.05) is 36.2 Å². The molecule has 1 amide bonds. The van der Waals surface area contributed by atoms with Crippen molar-refractivity contribution in [3.8, 4) is 5.88 Å². The van der Waals surface area contributed by atoms with Crippen molar-refractivity contribution in [2.75, 3.05) is 7.11 Å². The summed E-state index contributed by atoms with van der Waals surface area (Å²) in [5.74, 6) is -0.870. The van der Waals surface area contributed by atoms with Crippen LogP contribution in [0.25, 0.3) is 0 Å². The summed E-state index contributed by atoms with van der Waals surface area (Å²) in [5.41, 5.74) is 2.50. The molecule has 2 aliphatic rings. The fourth-order valence-corrected chi connectivity index (χ4v) is 6.73. The lowest BCUT2D eigenvalue weighted by atomic mass is 9.72. The van der Waals surface area contributed by atoms with E-state index >= 15 is 0 Å². The SMILES string of the molecule is COc1ncc(C(C)(C)C)cc1CN[C@H]1[C@H](C(C)(C)C)[C@@H](C(=O)O)N(C(=O)C2CCCCC2)[C@H]1c1ccccc1. The zero-order chi connectivity index (χ0) is 29.2. The topological polar surface area (TPSA) is 91.8 Å². The van der Waals surface area contributed by atoms with E-state index in [9.17, 15) is 14.7 Å². The van der Waals surface area contributed by atoms with Gasteiger partial charge in [0.15, 0.2) is 0 Å². The minimum absolute atomic E-state index is 0.0199. The number of benzene rings is 1. The standard InChI is InChI=1S/C33H47N3O4/c1-32(2,3)24-18-23(29(40-7)35-20-24)19-34-26-25(33(4,5)6)28(31(38)39)36(27(26)21-14-10-8-11-15-21)30(37)22-16-12-9-13-17-22/h8,10-11,14-15,18,20,22,25-28,34H,9,12-13,16-17,19H2,1-7H3,(H,38,39)/t25-,26-,27-,28-/m0/s1. The zero-order valence-electron chi connectivity index (χ0n) is 25.2. The molecular formula is C33H47N3O4. The van der Waals surface area contributed by atoms with Gasteiger partial charge in [0.05, 0.1) is 13.2 Å². The summed E-state index contributed by atoms with van der Waals surface area (Å²) in [5, 5.41) is 14.4. The molecule has 4 atom stereocenters. The Labute approximate surface area is 239 Å². The molecule has 218 valence electrons. The van der Waals surface area contributed by atoms with Gasteiger partial charge in [0.1, 0.15) is 6.04 Å². The van der Waals surface area contributed by atoms with Crippen molar-refractivity contribution in [3.05, 3.63) is 59.3 Å². The summed E-state index contributed by atoms with van der Waals surface area (Å²) >= 11 is 0. The molecular weight excluding hydrogens is 502 g/mol. The molecule has 0 radical (unpaired) electrons. The summed E-state index contributed by atoms with van der Waals surface area (Å²) in [6.07, 6.45) is 6.66. The van der Waals surface area contributed by atoms with Crippen molar-refractivity contribution in [2.24, 2.45) is 17.3 Å². The third-order valence-corrected chi connectivity index (χ3v) is 8.78. The van der Waals surface area contributed by atoms with E-state index in [0.29, 0.717) is 12.4 Å². The van der Waals surface area contributed by atoms with E-state index in [2.05, 4.69) is 57.9 Å². The Bertz CT molecular complexity index is 1180. The molecule has 1 aliphatic carbocycles. The van der Waals surface area contributed by atoms with Gasteiger partial charge in [-0.05, 0) is 40.9 Å². The van der Waals surface area contributed by atoms with Crippen LogP contribution in [0.5, 0.6) is 5.88 Å². The summed E-state index contributed by atoms with van der Waals surface area (Å²) in [4.78, 5) is 33.6. The van der Waals surface area contributed by atoms with Crippen LogP contribution in [-0.4, -0.2) is 46.1 Å². The van der Waals surface area contributed by atoms with Gasteiger partial charge in [-0.1, -0.05) is 91.1 Å². The molecule has 40 heavy (non-hydrogen) atoms. The summed E-state index contributed by atoms with van der Waals surface area (Å²) in [6, 6.07) is 10.4. The number of likely N-dealkylation sites (tertiary alicyclic amines) is 1. The molecule has 1 aromatic heterocycles. The van der Waals surface area contributed by atoms with Crippen molar-refractivity contribution in [1.29, 1.82) is 0 Å². The van der Waals surface area contributed by atoms with E-state index in [0.717, 1.165) is 48.8 Å². The Kier molecular flexibility index (Phi) is 8.93. The quantitative estimate of drug-likeness (QED) is 0.432. The maximum atomic E-state index is 14.3. The third-order valence-electron chi connectivity index (χ3n) is 8.78. The van der Waals surface area contributed by atoms with Gasteiger partial charge in [-0.3, -0.25) is 4.79 Å². The summed E-state index contributed by atoms with van der Waals surface area (Å²) in [6.45, 7) is 13.1. The molecule has 0 bridgehead atoms. The van der Waals surface area contributed by atoms with Gasteiger partial charge >= 0.3 is 5.97 Å². The van der Waals surface area contributed by atoms with Gasteiger partial charge in [0.25, 0.3) is 0 Å². The first-order valence-corrected chi connectivity index (χ1v) is 14.7. The number of ether oxygens (including phenoxy) is 1. The second-order valence-corrected chi connectivity index (χ2v) is 13.7. The van der Waals surface area contributed by atoms with Gasteiger partial charge in [-0.15, -0.1) is 0 Å². The van der Waals surface area contributed by atoms with Gasteiger partial charge in [-0.2, -0.15) is 0 Å². The zero-order valence-corrected chi connectivity index (χ0v) is 25.2. The van der Waals surface area contributed by atoms with E-state index in [1.54, 1.807) is 12.0 Å². The smallest absolute Gasteiger partial charge is 0.326 e. The lowest BCUT2D eigenvalue weighted by molar-refractivity contribution is -0.154. The maximum absolute atomic E-state index is 14.3. The normalized spacial score (nSPS) is 24.2. The van der Waals surface area contributed by atoms with Crippen LogP contribution in [-0.2, 0) is 21.5 Å². The Morgan fingerprint density at radius 2 is 1.70 bits per heavy atom. The average molecular weight is 550 g/mol. The molecule has 2 fully saturated rings. The first-order valence-electron chi connectivity index (χ1n) is 14.7. The number of aliphatic carboxylic acids is 1. The summed E-state index contributed by atoms with van der Waals surface area (Å²) in [7, 11) is 1.62. The first kappa shape index (κ1) is 30.0. The summed E-state index contributed by atoms with van der Waals surface area (Å²) < 4.78 is 5.62. The number of pyridine rings is 1. The average Bonchev–Trinajstić information content (AvgIpc) is 3.28. The number of carbonyl (C=O) groups excluding carboxylic acids is 1. The molecule has 2 N–H and O–H groups in total. The van der Waals surface area contributed by atoms with E-state index in [1.807, 2.05) is 36.5 Å². The molecule has 2 heterocycles. The van der Waals surface area contributed by atoms with E-state index < -0.39 is 18.1 Å². The number of carboxylic acid groups (broad SMARTS) is 1. The fraction of sp³-hybridized carbons (Fsp3) is 0.606. The van der Waals surface area contributed by atoms with Gasteiger partial charge in [-0.25, -0.2) is 9.78 Å². The molecule has 7 heteroatoms. The maximum Gasteiger partial charge on any atom is 0.326 e. The molecule has 1 aliphatic heterocycles. The van der Waals surface area contributed by atoms with Crippen LogP contribution in [0.3, 0.4) is 0 Å². The molecule has 0 spiro atoms. The lowest BCUT2D eigenvalue weighted by Gasteiger charge is -2.36. The molecule has 1 saturated carbocycles. The van der Waals surface area contributed by atoms with Crippen molar-refractivity contribution in [1.82, 2.24) is 15.2 Å². The molecule has 1 saturated heterocycles. The number of carbonyl (C=O) groups is 2. The minimum Gasteiger partial charge on any atom is -0.481 e. The third kappa shape index (κ3) is 6.19. The van der Waals surface area contributed by atoms with E-state index in [4.69, 9.17) is 4.74 Å². The minimum atomic E-state index is -0.941. The van der Waals surface area contributed by atoms with Gasteiger partial charge < -0.3 is 20.1 Å². The number of methoxy groups -OCH3 is 1. The van der Waals surface area contributed by atoms with Crippen LogP contribution in [0.4, 0.5) is 0 Å². The van der Waals surface area contributed by atoms with Crippen molar-refractivity contribution >= 4 is 11.9 Å². The Morgan fingerprint density at radius 1 is 1.05 bits per heavy atom. The number of nitrogens with one attached hydrogen (secondary N) is 1. The van der Waals surface area contributed by atoms with Crippen LogP contribution in [0.2, 0.25) is 0 Å². The lowest BCUT2D eigenvalue weighted by Crippen LogP contribution is -2.49. The van der Waals surface area contributed by atoms with Crippen molar-refractivity contribution in [3.63, 3.8) is 0 Å². The number of carboxylic acids is 1. The van der Waals surface area contributed by atoms with Crippen LogP contribution in [0.1, 0.15) is 96.4 Å². The van der Waals surface area contributed by atoms with Crippen LogP contribution < -0.4 is 10.1 Å². The molecule has 2 aromatic rings. The van der Waals surface area contributed by atoms with Crippen LogP contribution >= 0.6 is 0 Å². The Morgan fingerprint density at radius 3 is 2.25 bits per heavy atom. The predicted molar refractivity (Wildman–Crippen MR) is 157 cm³/mol. The Balaban J connectivity index is 1.81. The second-order valence-electron chi connectivity index (χ2n) is 13.7. The van der Waals surface area contributed by atoms with Crippen LogP contribution in [0.15, 0.2) is 42.6 Å². The molecule has 7 nitrogen and oxygen atoms in total. The number of aromatic nitrogens is 1. The molecule has 0 unspecified atom stereocenters. The largest absolute Gasteiger partial charge is 0.481 e.